The summed E-state index contributed by atoms with van der Waals surface area (Å²) in [6.07, 6.45) is 3.31. The molecule has 9 heteroatoms. The van der Waals surface area contributed by atoms with Crippen LogP contribution in [0.15, 0.2) is 42.5 Å². The number of amides is 1. The number of esters is 1. The quantitative estimate of drug-likeness (QED) is 0.384. The van der Waals surface area contributed by atoms with Crippen LogP contribution in [-0.2, 0) is 20.7 Å². The monoisotopic (exact) mass is 454 g/mol. The van der Waals surface area contributed by atoms with Crippen molar-refractivity contribution in [3.05, 3.63) is 53.6 Å². The van der Waals surface area contributed by atoms with Gasteiger partial charge in [0, 0.05) is 12.6 Å². The molecule has 2 aromatic carbocycles. The molecule has 9 nitrogen and oxygen atoms in total. The van der Waals surface area contributed by atoms with Gasteiger partial charge in [0.25, 0.3) is 5.91 Å². The van der Waals surface area contributed by atoms with Crippen molar-refractivity contribution >= 4 is 18.0 Å². The molecule has 0 aromatic heterocycles. The van der Waals surface area contributed by atoms with E-state index >= 15 is 0 Å². The van der Waals surface area contributed by atoms with Crippen LogP contribution in [0.5, 0.6) is 23.0 Å². The summed E-state index contributed by atoms with van der Waals surface area (Å²) in [6.45, 7) is -0.116. The molecule has 0 aliphatic carbocycles. The van der Waals surface area contributed by atoms with Crippen LogP contribution in [0.3, 0.4) is 0 Å². The standard InChI is InChI=1S/C24H26N2O7/c1-29-19-7-4-18(15-21(19)30-2)10-12-26-23(27)16-33-24(28)9-6-17-5-8-20(32-13-11-25)22(14-17)31-3/h4-9,14-15H,10,12-13,16H2,1-3H3,(H,26,27). The van der Waals surface area contributed by atoms with E-state index in [1.54, 1.807) is 38.5 Å². The summed E-state index contributed by atoms with van der Waals surface area (Å²) >= 11 is 0. The fourth-order valence-electron chi connectivity index (χ4n) is 2.80. The van der Waals surface area contributed by atoms with Gasteiger partial charge in [-0.2, -0.15) is 5.26 Å². The van der Waals surface area contributed by atoms with E-state index in [4.69, 9.17) is 28.9 Å². The number of hydrogen-bond donors (Lipinski definition) is 1. The van der Waals surface area contributed by atoms with Gasteiger partial charge in [-0.15, -0.1) is 0 Å². The van der Waals surface area contributed by atoms with Gasteiger partial charge in [0.05, 0.1) is 21.3 Å². The number of carbonyl (C=O) groups excluding carboxylic acids is 2. The second kappa shape index (κ2) is 13.3. The Bertz CT molecular complexity index is 1030. The van der Waals surface area contributed by atoms with Gasteiger partial charge in [0.1, 0.15) is 6.07 Å². The lowest BCUT2D eigenvalue weighted by Gasteiger charge is -2.10. The van der Waals surface area contributed by atoms with E-state index in [1.165, 1.54) is 19.3 Å². The first-order chi connectivity index (χ1) is 16.0. The summed E-state index contributed by atoms with van der Waals surface area (Å²) < 4.78 is 25.9. The predicted molar refractivity (Wildman–Crippen MR) is 120 cm³/mol. The third-order valence-electron chi connectivity index (χ3n) is 4.42. The zero-order chi connectivity index (χ0) is 24.1. The van der Waals surface area contributed by atoms with Crippen LogP contribution in [0.2, 0.25) is 0 Å². The molecule has 0 fully saturated rings. The first kappa shape index (κ1) is 25.1. The molecule has 0 aliphatic rings. The smallest absolute Gasteiger partial charge is 0.331 e. The third-order valence-corrected chi connectivity index (χ3v) is 4.42. The lowest BCUT2D eigenvalue weighted by molar-refractivity contribution is -0.143. The number of nitriles is 1. The summed E-state index contributed by atoms with van der Waals surface area (Å²) in [5.41, 5.74) is 1.62. The maximum Gasteiger partial charge on any atom is 0.331 e. The van der Waals surface area contributed by atoms with Crippen LogP contribution in [0.25, 0.3) is 6.08 Å². The van der Waals surface area contributed by atoms with Crippen molar-refractivity contribution in [2.45, 2.75) is 6.42 Å². The molecule has 174 valence electrons. The fourth-order valence-corrected chi connectivity index (χ4v) is 2.80. The largest absolute Gasteiger partial charge is 0.493 e. The van der Waals surface area contributed by atoms with Gasteiger partial charge < -0.3 is 29.0 Å². The lowest BCUT2D eigenvalue weighted by atomic mass is 10.1. The van der Waals surface area contributed by atoms with Gasteiger partial charge >= 0.3 is 5.97 Å². The first-order valence-electron chi connectivity index (χ1n) is 10.0. The number of methoxy groups -OCH3 is 3. The number of hydrogen-bond acceptors (Lipinski definition) is 8. The van der Waals surface area contributed by atoms with Gasteiger partial charge in [-0.1, -0.05) is 12.1 Å². The topological polar surface area (TPSA) is 116 Å². The molecule has 0 unspecified atom stereocenters. The van der Waals surface area contributed by atoms with E-state index in [0.717, 1.165) is 5.56 Å². The average molecular weight is 454 g/mol. The molecule has 0 aliphatic heterocycles. The van der Waals surface area contributed by atoms with Crippen LogP contribution >= 0.6 is 0 Å². The Kier molecular flexibility index (Phi) is 10.1. The second-order valence-corrected chi connectivity index (χ2v) is 6.59. The SMILES string of the molecule is COc1ccc(CCNC(=O)COC(=O)C=Cc2ccc(OCC#N)c(OC)c2)cc1OC. The normalized spacial score (nSPS) is 10.2. The maximum absolute atomic E-state index is 11.9. The number of ether oxygens (including phenoxy) is 5. The van der Waals surface area contributed by atoms with Crippen molar-refractivity contribution in [3.63, 3.8) is 0 Å². The molecule has 0 spiro atoms. The number of rotatable bonds is 12. The van der Waals surface area contributed by atoms with Crippen molar-refractivity contribution in [2.24, 2.45) is 0 Å². The minimum Gasteiger partial charge on any atom is -0.493 e. The van der Waals surface area contributed by atoms with Gasteiger partial charge in [0.2, 0.25) is 0 Å². The Morgan fingerprint density at radius 1 is 0.970 bits per heavy atom. The minimum atomic E-state index is -0.659. The summed E-state index contributed by atoms with van der Waals surface area (Å²) in [4.78, 5) is 23.8. The van der Waals surface area contributed by atoms with Gasteiger partial charge in [-0.3, -0.25) is 4.79 Å². The van der Waals surface area contributed by atoms with Gasteiger partial charge in [0.15, 0.2) is 36.2 Å². The third kappa shape index (κ3) is 8.10. The van der Waals surface area contributed by atoms with Gasteiger partial charge in [-0.25, -0.2) is 4.79 Å². The summed E-state index contributed by atoms with van der Waals surface area (Å²) in [5, 5.41) is 11.3. The summed E-state index contributed by atoms with van der Waals surface area (Å²) in [6, 6.07) is 12.4. The van der Waals surface area contributed by atoms with Crippen LogP contribution < -0.4 is 24.3 Å². The van der Waals surface area contributed by atoms with E-state index in [9.17, 15) is 9.59 Å². The first-order valence-corrected chi connectivity index (χ1v) is 10.0. The molecule has 0 saturated carbocycles. The summed E-state index contributed by atoms with van der Waals surface area (Å²) in [5.74, 6) is 1.03. The summed E-state index contributed by atoms with van der Waals surface area (Å²) in [7, 11) is 4.60. The number of nitrogens with one attached hydrogen (secondary N) is 1. The molecule has 2 rings (SSSR count). The van der Waals surface area contributed by atoms with Crippen molar-refractivity contribution in [2.75, 3.05) is 41.1 Å². The molecular formula is C24H26N2O7. The molecule has 0 radical (unpaired) electrons. The average Bonchev–Trinajstić information content (AvgIpc) is 2.84. The van der Waals surface area contributed by atoms with E-state index in [2.05, 4.69) is 5.32 Å². The Morgan fingerprint density at radius 2 is 1.67 bits per heavy atom. The molecule has 0 atom stereocenters. The minimum absolute atomic E-state index is 0.103. The van der Waals surface area contributed by atoms with Crippen molar-refractivity contribution < 1.29 is 33.3 Å². The molecule has 1 amide bonds. The molecular weight excluding hydrogens is 428 g/mol. The maximum atomic E-state index is 11.9. The number of nitrogens with zero attached hydrogens (tertiary/aromatic N) is 1. The lowest BCUT2D eigenvalue weighted by Crippen LogP contribution is -2.30. The highest BCUT2D eigenvalue weighted by molar-refractivity contribution is 5.89. The van der Waals surface area contributed by atoms with Crippen LogP contribution in [0.4, 0.5) is 0 Å². The fraction of sp³-hybridized carbons (Fsp3) is 0.292. The van der Waals surface area contributed by atoms with Crippen LogP contribution in [0.1, 0.15) is 11.1 Å². The molecule has 0 heterocycles. The Labute approximate surface area is 192 Å². The highest BCUT2D eigenvalue weighted by Gasteiger charge is 2.08. The second-order valence-electron chi connectivity index (χ2n) is 6.59. The molecule has 2 aromatic rings. The highest BCUT2D eigenvalue weighted by atomic mass is 16.5. The molecule has 33 heavy (non-hydrogen) atoms. The van der Waals surface area contributed by atoms with Crippen molar-refractivity contribution in [3.8, 4) is 29.1 Å². The molecule has 1 N–H and O–H groups in total. The van der Waals surface area contributed by atoms with E-state index in [-0.39, 0.29) is 13.2 Å². The predicted octanol–water partition coefficient (Wildman–Crippen LogP) is 2.53. The Hall–Kier alpha value is -4.19. The van der Waals surface area contributed by atoms with E-state index in [0.29, 0.717) is 41.5 Å². The van der Waals surface area contributed by atoms with Gasteiger partial charge in [-0.05, 0) is 47.9 Å². The number of carbonyl (C=O) groups is 2. The number of benzene rings is 2. The van der Waals surface area contributed by atoms with E-state index < -0.39 is 11.9 Å². The highest BCUT2D eigenvalue weighted by Crippen LogP contribution is 2.29. The molecule has 0 saturated heterocycles. The van der Waals surface area contributed by atoms with Crippen molar-refractivity contribution in [1.82, 2.24) is 5.32 Å². The van der Waals surface area contributed by atoms with Crippen molar-refractivity contribution in [1.29, 1.82) is 5.26 Å². The zero-order valence-corrected chi connectivity index (χ0v) is 18.8. The molecule has 0 bridgehead atoms. The van der Waals surface area contributed by atoms with Crippen LogP contribution in [-0.4, -0.2) is 53.0 Å². The Morgan fingerprint density at radius 3 is 2.36 bits per heavy atom. The van der Waals surface area contributed by atoms with E-state index in [1.807, 2.05) is 18.2 Å². The zero-order valence-electron chi connectivity index (χ0n) is 18.8. The Balaban J connectivity index is 1.77. The van der Waals surface area contributed by atoms with Crippen LogP contribution in [0, 0.1) is 11.3 Å².